The molecule has 0 saturated carbocycles. The van der Waals surface area contributed by atoms with Crippen LogP contribution in [-0.4, -0.2) is 38.2 Å². The van der Waals surface area contributed by atoms with Crippen molar-refractivity contribution in [3.05, 3.63) is 29.8 Å². The summed E-state index contributed by atoms with van der Waals surface area (Å²) in [5, 5.41) is 3.43. The van der Waals surface area contributed by atoms with Crippen LogP contribution in [-0.2, 0) is 11.2 Å². The van der Waals surface area contributed by atoms with Gasteiger partial charge >= 0.3 is 0 Å². The van der Waals surface area contributed by atoms with Gasteiger partial charge in [-0.15, -0.1) is 0 Å². The first-order valence-corrected chi connectivity index (χ1v) is 6.92. The molecule has 0 amide bonds. The number of hydrogen-bond donors (Lipinski definition) is 1. The number of nitrogens with one attached hydrogen (secondary N) is 1. The molecule has 0 spiro atoms. The lowest BCUT2D eigenvalue weighted by atomic mass is 10.1. The number of methoxy groups -OCH3 is 1. The minimum absolute atomic E-state index is 0.255. The van der Waals surface area contributed by atoms with E-state index in [-0.39, 0.29) is 6.04 Å². The zero-order valence-corrected chi connectivity index (χ0v) is 11.3. The second-order valence-corrected chi connectivity index (χ2v) is 5.13. The van der Waals surface area contributed by atoms with E-state index in [1.54, 1.807) is 7.11 Å². The van der Waals surface area contributed by atoms with Gasteiger partial charge in [0.1, 0.15) is 12.4 Å². The van der Waals surface area contributed by atoms with E-state index in [0.717, 1.165) is 31.0 Å². The molecule has 0 aliphatic carbocycles. The lowest BCUT2D eigenvalue weighted by Crippen LogP contribution is -2.30. The second kappa shape index (κ2) is 5.61. The molecule has 0 aromatic heterocycles. The highest BCUT2D eigenvalue weighted by Crippen LogP contribution is 2.18. The van der Waals surface area contributed by atoms with E-state index >= 15 is 0 Å². The third-order valence-corrected chi connectivity index (χ3v) is 3.72. The molecule has 2 atom stereocenters. The van der Waals surface area contributed by atoms with Crippen LogP contribution in [0.15, 0.2) is 29.3 Å². The Labute approximate surface area is 113 Å². The lowest BCUT2D eigenvalue weighted by molar-refractivity contribution is 0.302. The van der Waals surface area contributed by atoms with Gasteiger partial charge in [-0.1, -0.05) is 12.1 Å². The molecule has 0 bridgehead atoms. The van der Waals surface area contributed by atoms with E-state index in [1.807, 2.05) is 12.1 Å². The molecule has 2 unspecified atom stereocenters. The van der Waals surface area contributed by atoms with E-state index < -0.39 is 0 Å². The average Bonchev–Trinajstić information content (AvgIpc) is 3.10. The molecule has 2 aliphatic rings. The highest BCUT2D eigenvalue weighted by molar-refractivity contribution is 5.83. The first-order valence-electron chi connectivity index (χ1n) is 6.92. The maximum atomic E-state index is 5.73. The topological polar surface area (TPSA) is 42.9 Å². The molecule has 2 heterocycles. The van der Waals surface area contributed by atoms with Crippen molar-refractivity contribution in [2.45, 2.75) is 31.3 Å². The molecule has 1 aromatic carbocycles. The van der Waals surface area contributed by atoms with Gasteiger partial charge in [0.25, 0.3) is 0 Å². The summed E-state index contributed by atoms with van der Waals surface area (Å²) >= 11 is 0. The SMILES string of the molecule is COc1ccc(CC2COC(C3CCCN3)=N2)cc1. The second-order valence-electron chi connectivity index (χ2n) is 5.13. The van der Waals surface area contributed by atoms with Gasteiger partial charge in [0, 0.05) is 0 Å². The monoisotopic (exact) mass is 260 g/mol. The van der Waals surface area contributed by atoms with Gasteiger partial charge in [-0.25, -0.2) is 4.99 Å². The van der Waals surface area contributed by atoms with Crippen molar-refractivity contribution >= 4 is 5.90 Å². The van der Waals surface area contributed by atoms with Gasteiger partial charge in [-0.3, -0.25) is 0 Å². The molecule has 4 heteroatoms. The standard InChI is InChI=1S/C15H20N2O2/c1-18-13-6-4-11(5-7-13)9-12-10-19-15(17-12)14-3-2-8-16-14/h4-7,12,14,16H,2-3,8-10H2,1H3. The molecule has 0 radical (unpaired) electrons. The Morgan fingerprint density at radius 3 is 2.89 bits per heavy atom. The molecule has 102 valence electrons. The zero-order valence-electron chi connectivity index (χ0n) is 11.3. The van der Waals surface area contributed by atoms with Gasteiger partial charge in [0.2, 0.25) is 5.90 Å². The summed E-state index contributed by atoms with van der Waals surface area (Å²) < 4.78 is 10.9. The van der Waals surface area contributed by atoms with Crippen molar-refractivity contribution < 1.29 is 9.47 Å². The maximum absolute atomic E-state index is 5.73. The summed E-state index contributed by atoms with van der Waals surface area (Å²) in [7, 11) is 1.69. The summed E-state index contributed by atoms with van der Waals surface area (Å²) in [6, 6.07) is 8.79. The molecule has 1 aromatic rings. The third-order valence-electron chi connectivity index (χ3n) is 3.72. The van der Waals surface area contributed by atoms with Crippen molar-refractivity contribution in [1.29, 1.82) is 0 Å². The van der Waals surface area contributed by atoms with Crippen LogP contribution in [0.1, 0.15) is 18.4 Å². The van der Waals surface area contributed by atoms with Crippen molar-refractivity contribution in [2.75, 3.05) is 20.3 Å². The van der Waals surface area contributed by atoms with Gasteiger partial charge in [-0.2, -0.15) is 0 Å². The molecule has 1 saturated heterocycles. The van der Waals surface area contributed by atoms with Crippen molar-refractivity contribution in [3.8, 4) is 5.75 Å². The van der Waals surface area contributed by atoms with Crippen LogP contribution in [0, 0.1) is 0 Å². The van der Waals surface area contributed by atoms with E-state index in [4.69, 9.17) is 14.5 Å². The van der Waals surface area contributed by atoms with E-state index in [9.17, 15) is 0 Å². The number of nitrogens with zero attached hydrogens (tertiary/aromatic N) is 1. The average molecular weight is 260 g/mol. The Morgan fingerprint density at radius 1 is 1.37 bits per heavy atom. The summed E-state index contributed by atoms with van der Waals surface area (Å²) in [6.07, 6.45) is 3.30. The van der Waals surface area contributed by atoms with E-state index in [2.05, 4.69) is 17.4 Å². The molecule has 4 nitrogen and oxygen atoms in total. The summed E-state index contributed by atoms with van der Waals surface area (Å²) in [6.45, 7) is 1.79. The van der Waals surface area contributed by atoms with Crippen molar-refractivity contribution in [3.63, 3.8) is 0 Å². The van der Waals surface area contributed by atoms with Crippen LogP contribution >= 0.6 is 0 Å². The minimum atomic E-state index is 0.255. The van der Waals surface area contributed by atoms with E-state index in [1.165, 1.54) is 12.0 Å². The summed E-state index contributed by atoms with van der Waals surface area (Å²) in [5.41, 5.74) is 1.28. The number of aliphatic imine (C=N–C) groups is 1. The molecule has 1 N–H and O–H groups in total. The number of hydrogen-bond acceptors (Lipinski definition) is 4. The Bertz CT molecular complexity index is 450. The summed E-state index contributed by atoms with van der Waals surface area (Å²) in [4.78, 5) is 4.71. The maximum Gasteiger partial charge on any atom is 0.201 e. The molecule has 1 fully saturated rings. The molecule has 3 rings (SSSR count). The predicted octanol–water partition coefficient (Wildman–Crippen LogP) is 1.79. The number of benzene rings is 1. The van der Waals surface area contributed by atoms with Gasteiger partial charge in [0.15, 0.2) is 0 Å². The molecule has 2 aliphatic heterocycles. The third kappa shape index (κ3) is 2.89. The fraction of sp³-hybridized carbons (Fsp3) is 0.533. The largest absolute Gasteiger partial charge is 0.497 e. The zero-order chi connectivity index (χ0) is 13.1. The Kier molecular flexibility index (Phi) is 3.69. The fourth-order valence-corrected chi connectivity index (χ4v) is 2.66. The van der Waals surface area contributed by atoms with Gasteiger partial charge in [0.05, 0.1) is 19.2 Å². The van der Waals surface area contributed by atoms with Crippen LogP contribution in [0.5, 0.6) is 5.75 Å². The highest BCUT2D eigenvalue weighted by Gasteiger charge is 2.27. The number of rotatable bonds is 4. The first-order chi connectivity index (χ1) is 9.35. The van der Waals surface area contributed by atoms with Gasteiger partial charge < -0.3 is 14.8 Å². The summed E-state index contributed by atoms with van der Waals surface area (Å²) in [5.74, 6) is 1.81. The van der Waals surface area contributed by atoms with E-state index in [0.29, 0.717) is 12.6 Å². The molecule has 19 heavy (non-hydrogen) atoms. The first kappa shape index (κ1) is 12.5. The van der Waals surface area contributed by atoms with Crippen LogP contribution in [0.25, 0.3) is 0 Å². The Morgan fingerprint density at radius 2 is 2.21 bits per heavy atom. The molecular weight excluding hydrogens is 240 g/mol. The Hall–Kier alpha value is -1.55. The van der Waals surface area contributed by atoms with Crippen molar-refractivity contribution in [1.82, 2.24) is 5.32 Å². The predicted molar refractivity (Wildman–Crippen MR) is 74.9 cm³/mol. The van der Waals surface area contributed by atoms with Crippen LogP contribution < -0.4 is 10.1 Å². The normalized spacial score (nSPS) is 26.1. The van der Waals surface area contributed by atoms with Crippen LogP contribution in [0.2, 0.25) is 0 Å². The molecular formula is C15H20N2O2. The number of ether oxygens (including phenoxy) is 2. The lowest BCUT2D eigenvalue weighted by Gasteiger charge is -2.08. The van der Waals surface area contributed by atoms with Crippen LogP contribution in [0.4, 0.5) is 0 Å². The highest BCUT2D eigenvalue weighted by atomic mass is 16.5. The van der Waals surface area contributed by atoms with Crippen LogP contribution in [0.3, 0.4) is 0 Å². The fourth-order valence-electron chi connectivity index (χ4n) is 2.66. The van der Waals surface area contributed by atoms with Crippen molar-refractivity contribution in [2.24, 2.45) is 4.99 Å². The smallest absolute Gasteiger partial charge is 0.201 e. The van der Waals surface area contributed by atoms with Gasteiger partial charge in [-0.05, 0) is 43.5 Å². The quantitative estimate of drug-likeness (QED) is 0.897. The minimum Gasteiger partial charge on any atom is -0.497 e. The Balaban J connectivity index is 1.60.